The van der Waals surface area contributed by atoms with E-state index in [1.807, 2.05) is 19.1 Å². The molecule has 33 heavy (non-hydrogen) atoms. The second-order valence-corrected chi connectivity index (χ2v) is 10.8. The summed E-state index contributed by atoms with van der Waals surface area (Å²) in [5, 5.41) is 5.62. The fourth-order valence-electron chi connectivity index (χ4n) is 5.59. The van der Waals surface area contributed by atoms with Crippen LogP contribution < -0.4 is 5.32 Å². The number of aromatic nitrogens is 3. The third-order valence-electron chi connectivity index (χ3n) is 6.83. The van der Waals surface area contributed by atoms with Crippen molar-refractivity contribution in [3.05, 3.63) is 71.6 Å². The second kappa shape index (κ2) is 8.49. The maximum atomic E-state index is 6.48. The van der Waals surface area contributed by atoms with E-state index in [2.05, 4.69) is 73.3 Å². The molecule has 1 aliphatic rings. The lowest BCUT2D eigenvalue weighted by Gasteiger charge is -2.39. The van der Waals surface area contributed by atoms with Gasteiger partial charge in [-0.1, -0.05) is 68.8 Å². The molecule has 1 N–H and O–H groups in total. The van der Waals surface area contributed by atoms with Gasteiger partial charge in [-0.2, -0.15) is 0 Å². The summed E-state index contributed by atoms with van der Waals surface area (Å²) in [7, 11) is 0. The highest BCUT2D eigenvalue weighted by Crippen LogP contribution is 2.41. The molecule has 0 bridgehead atoms. The van der Waals surface area contributed by atoms with Crippen molar-refractivity contribution in [2.45, 2.75) is 53.0 Å². The predicted octanol–water partition coefficient (Wildman–Crippen LogP) is 7.68. The number of nitrogens with one attached hydrogen (secondary N) is 1. The molecule has 1 saturated carbocycles. The van der Waals surface area contributed by atoms with E-state index < -0.39 is 0 Å². The largest absolute Gasteiger partial charge is 0.367 e. The summed E-state index contributed by atoms with van der Waals surface area (Å²) in [5.41, 5.74) is 5.53. The van der Waals surface area contributed by atoms with Crippen molar-refractivity contribution in [2.24, 2.45) is 11.3 Å². The number of rotatable bonds is 4. The molecule has 0 saturated heterocycles. The van der Waals surface area contributed by atoms with E-state index in [0.717, 1.165) is 57.1 Å². The lowest BCUT2D eigenvalue weighted by Crippen LogP contribution is -2.35. The summed E-state index contributed by atoms with van der Waals surface area (Å²) in [6.45, 7) is 9.13. The van der Waals surface area contributed by atoms with Crippen LogP contribution in [0.1, 0.15) is 45.6 Å². The summed E-state index contributed by atoms with van der Waals surface area (Å²) in [5.74, 6) is 1.60. The first kappa shape index (κ1) is 22.0. The molecule has 4 aromatic rings. The molecule has 1 aliphatic carbocycles. The van der Waals surface area contributed by atoms with Crippen LogP contribution in [0.3, 0.4) is 0 Å². The van der Waals surface area contributed by atoms with Gasteiger partial charge in [-0.15, -0.1) is 0 Å². The van der Waals surface area contributed by atoms with E-state index in [4.69, 9.17) is 21.6 Å². The average Bonchev–Trinajstić information content (AvgIpc) is 3.16. The van der Waals surface area contributed by atoms with Crippen LogP contribution in [0.2, 0.25) is 5.02 Å². The number of hydrogen-bond acceptors (Lipinski definition) is 3. The Bertz CT molecular complexity index is 1290. The van der Waals surface area contributed by atoms with E-state index in [9.17, 15) is 0 Å². The van der Waals surface area contributed by atoms with Crippen molar-refractivity contribution in [3.63, 3.8) is 0 Å². The molecule has 1 fully saturated rings. The minimum absolute atomic E-state index is 0.328. The van der Waals surface area contributed by atoms with Gasteiger partial charge in [0.15, 0.2) is 5.65 Å². The zero-order valence-corrected chi connectivity index (χ0v) is 20.5. The van der Waals surface area contributed by atoms with Gasteiger partial charge in [0.2, 0.25) is 0 Å². The van der Waals surface area contributed by atoms with E-state index in [1.165, 1.54) is 6.42 Å². The third kappa shape index (κ3) is 4.37. The van der Waals surface area contributed by atoms with E-state index in [1.54, 1.807) is 6.33 Å². The molecule has 0 unspecified atom stereocenters. The molecule has 0 aliphatic heterocycles. The number of nitrogens with zero attached hydrogens (tertiary/aromatic N) is 3. The summed E-state index contributed by atoms with van der Waals surface area (Å²) < 4.78 is 2.13. The Kier molecular flexibility index (Phi) is 5.65. The summed E-state index contributed by atoms with van der Waals surface area (Å²) in [6, 6.07) is 17.0. The summed E-state index contributed by atoms with van der Waals surface area (Å²) >= 11 is 6.48. The Morgan fingerprint density at radius 2 is 1.85 bits per heavy atom. The number of aryl methyl sites for hydroxylation is 1. The van der Waals surface area contributed by atoms with Crippen LogP contribution in [0.25, 0.3) is 27.8 Å². The molecule has 2 aromatic carbocycles. The Morgan fingerprint density at radius 3 is 2.58 bits per heavy atom. The molecule has 5 rings (SSSR count). The van der Waals surface area contributed by atoms with Crippen LogP contribution in [-0.4, -0.2) is 20.6 Å². The van der Waals surface area contributed by atoms with Gasteiger partial charge in [0.1, 0.15) is 12.1 Å². The maximum Gasteiger partial charge on any atom is 0.150 e. The standard InChI is InChI=1S/C28H31ClN4/c1-18-12-21(15-28(3,4)14-18)32-26-25-23(20-8-6-5-7-9-20)16-33(27(25)31-17-30-26)22-11-10-19(2)24(29)13-22/h5-11,13,16-18,21H,12,14-15H2,1-4H3,(H,30,31,32)/t18-,21+/m1/s1. The quantitative estimate of drug-likeness (QED) is 0.341. The monoisotopic (exact) mass is 458 g/mol. The first-order valence-corrected chi connectivity index (χ1v) is 12.1. The van der Waals surface area contributed by atoms with Crippen molar-refractivity contribution < 1.29 is 0 Å². The van der Waals surface area contributed by atoms with Gasteiger partial charge in [0.05, 0.1) is 5.39 Å². The molecule has 0 radical (unpaired) electrons. The van der Waals surface area contributed by atoms with Crippen LogP contribution in [0, 0.1) is 18.3 Å². The number of anilines is 1. The molecular formula is C28H31ClN4. The first-order chi connectivity index (χ1) is 15.8. The molecule has 2 aromatic heterocycles. The highest BCUT2D eigenvalue weighted by atomic mass is 35.5. The second-order valence-electron chi connectivity index (χ2n) is 10.4. The summed E-state index contributed by atoms with van der Waals surface area (Å²) in [4.78, 5) is 9.46. The zero-order chi connectivity index (χ0) is 23.2. The van der Waals surface area contributed by atoms with Gasteiger partial charge < -0.3 is 9.88 Å². The normalized spacial score (nSPS) is 20.2. The Balaban J connectivity index is 1.66. The van der Waals surface area contributed by atoms with Crippen LogP contribution in [-0.2, 0) is 0 Å². The topological polar surface area (TPSA) is 42.7 Å². The van der Waals surface area contributed by atoms with Gasteiger partial charge in [0.25, 0.3) is 0 Å². The van der Waals surface area contributed by atoms with Gasteiger partial charge in [0, 0.05) is 28.5 Å². The van der Waals surface area contributed by atoms with Crippen molar-refractivity contribution in [1.82, 2.24) is 14.5 Å². The fourth-order valence-corrected chi connectivity index (χ4v) is 5.76. The van der Waals surface area contributed by atoms with E-state index >= 15 is 0 Å². The number of halogens is 1. The number of benzene rings is 2. The zero-order valence-electron chi connectivity index (χ0n) is 19.8. The van der Waals surface area contributed by atoms with Gasteiger partial charge >= 0.3 is 0 Å². The van der Waals surface area contributed by atoms with Crippen LogP contribution >= 0.6 is 11.6 Å². The van der Waals surface area contributed by atoms with Crippen molar-refractivity contribution in [3.8, 4) is 16.8 Å². The van der Waals surface area contributed by atoms with Gasteiger partial charge in [-0.05, 0) is 60.8 Å². The number of hydrogen-bond donors (Lipinski definition) is 1. The van der Waals surface area contributed by atoms with Crippen molar-refractivity contribution in [2.75, 3.05) is 5.32 Å². The Hall–Kier alpha value is -2.85. The van der Waals surface area contributed by atoms with E-state index in [-0.39, 0.29) is 0 Å². The Labute approximate surface area is 201 Å². The first-order valence-electron chi connectivity index (χ1n) is 11.8. The fraction of sp³-hybridized carbons (Fsp3) is 0.357. The molecular weight excluding hydrogens is 428 g/mol. The average molecular weight is 459 g/mol. The van der Waals surface area contributed by atoms with Gasteiger partial charge in [-0.3, -0.25) is 0 Å². The van der Waals surface area contributed by atoms with Crippen LogP contribution in [0.15, 0.2) is 61.1 Å². The number of fused-ring (bicyclic) bond motifs is 1. The molecule has 4 nitrogen and oxygen atoms in total. The SMILES string of the molecule is Cc1ccc(-n2cc(-c3ccccc3)c3c(N[C@H]4C[C@@H](C)CC(C)(C)C4)ncnc32)cc1Cl. The highest BCUT2D eigenvalue weighted by Gasteiger charge is 2.32. The van der Waals surface area contributed by atoms with Crippen LogP contribution in [0.5, 0.6) is 0 Å². The lowest BCUT2D eigenvalue weighted by atomic mass is 9.70. The minimum Gasteiger partial charge on any atom is -0.367 e. The van der Waals surface area contributed by atoms with Gasteiger partial charge in [-0.25, -0.2) is 9.97 Å². The molecule has 170 valence electrons. The highest BCUT2D eigenvalue weighted by molar-refractivity contribution is 6.31. The minimum atomic E-state index is 0.328. The van der Waals surface area contributed by atoms with Crippen molar-refractivity contribution in [1.29, 1.82) is 0 Å². The van der Waals surface area contributed by atoms with Crippen molar-refractivity contribution >= 4 is 28.5 Å². The smallest absolute Gasteiger partial charge is 0.150 e. The molecule has 5 heteroatoms. The maximum absolute atomic E-state index is 6.48. The van der Waals surface area contributed by atoms with E-state index in [0.29, 0.717) is 17.4 Å². The molecule has 0 amide bonds. The third-order valence-corrected chi connectivity index (χ3v) is 7.24. The predicted molar refractivity (Wildman–Crippen MR) is 138 cm³/mol. The summed E-state index contributed by atoms with van der Waals surface area (Å²) in [6.07, 6.45) is 7.39. The Morgan fingerprint density at radius 1 is 1.06 bits per heavy atom. The molecule has 2 atom stereocenters. The molecule has 2 heterocycles. The van der Waals surface area contributed by atoms with Crippen LogP contribution in [0.4, 0.5) is 5.82 Å². The lowest BCUT2D eigenvalue weighted by molar-refractivity contribution is 0.178. The molecule has 0 spiro atoms.